The van der Waals surface area contributed by atoms with Crippen molar-refractivity contribution in [2.24, 2.45) is 0 Å². The number of nitrogens with zero attached hydrogens (tertiary/aromatic N) is 2. The van der Waals surface area contributed by atoms with Crippen LogP contribution >= 0.6 is 0 Å². The summed E-state index contributed by atoms with van der Waals surface area (Å²) >= 11 is 0. The quantitative estimate of drug-likeness (QED) is 0.171. The smallest absolute Gasteiger partial charge is 0.149 e. The van der Waals surface area contributed by atoms with Crippen molar-refractivity contribution in [1.29, 1.82) is 0 Å². The van der Waals surface area contributed by atoms with Gasteiger partial charge in [0.25, 0.3) is 0 Å². The molecule has 0 saturated carbocycles. The summed E-state index contributed by atoms with van der Waals surface area (Å²) in [6.07, 6.45) is 0. The Kier molecular flexibility index (Phi) is 6.88. The van der Waals surface area contributed by atoms with E-state index in [-0.39, 0.29) is 11.8 Å². The SMILES string of the molecule is CC(C)c1cc(-c2ccc3c4ccccc4c4ccccc4c3c2)cc(C(C)C)c1-n1c(-c2cccc3c2oc2ccccc23)nc2ccccc21. The molecule has 0 atom stereocenters. The second-order valence-electron chi connectivity index (χ2n) is 14.7. The average Bonchev–Trinajstić information content (AvgIpc) is 3.76. The summed E-state index contributed by atoms with van der Waals surface area (Å²) in [5.41, 5.74) is 11.1. The van der Waals surface area contributed by atoms with Crippen LogP contribution in [0.3, 0.4) is 0 Å². The van der Waals surface area contributed by atoms with Crippen LogP contribution in [0.5, 0.6) is 0 Å². The molecular weight excluding hydrogens is 633 g/mol. The van der Waals surface area contributed by atoms with Crippen LogP contribution in [-0.2, 0) is 0 Å². The van der Waals surface area contributed by atoms with Gasteiger partial charge in [-0.1, -0.05) is 131 Å². The van der Waals surface area contributed by atoms with Gasteiger partial charge in [0, 0.05) is 10.8 Å². The third-order valence-corrected chi connectivity index (χ3v) is 10.9. The van der Waals surface area contributed by atoms with Gasteiger partial charge in [-0.25, -0.2) is 4.98 Å². The number of fused-ring (bicyclic) bond motifs is 10. The average molecular weight is 671 g/mol. The second-order valence-corrected chi connectivity index (χ2v) is 14.7. The molecule has 3 nitrogen and oxygen atoms in total. The number of aromatic nitrogens is 2. The minimum atomic E-state index is 0.258. The van der Waals surface area contributed by atoms with Crippen molar-refractivity contribution in [3.05, 3.63) is 157 Å². The van der Waals surface area contributed by atoms with E-state index in [1.54, 1.807) is 0 Å². The van der Waals surface area contributed by atoms with Crippen LogP contribution in [0.25, 0.3) is 93.5 Å². The van der Waals surface area contributed by atoms with Gasteiger partial charge in [-0.2, -0.15) is 0 Å². The van der Waals surface area contributed by atoms with Gasteiger partial charge in [0.2, 0.25) is 0 Å². The van der Waals surface area contributed by atoms with Crippen LogP contribution in [0.2, 0.25) is 0 Å². The van der Waals surface area contributed by atoms with E-state index in [1.807, 2.05) is 12.1 Å². The molecule has 0 aliphatic heterocycles. The lowest BCUT2D eigenvalue weighted by molar-refractivity contribution is 0.669. The first-order valence-corrected chi connectivity index (χ1v) is 18.4. The van der Waals surface area contributed by atoms with Gasteiger partial charge < -0.3 is 4.42 Å². The highest BCUT2D eigenvalue weighted by atomic mass is 16.3. The summed E-state index contributed by atoms with van der Waals surface area (Å²) in [5, 5.41) is 9.98. The molecule has 0 N–H and O–H groups in total. The first-order chi connectivity index (χ1) is 25.5. The van der Waals surface area contributed by atoms with Gasteiger partial charge in [0.05, 0.1) is 22.3 Å². The van der Waals surface area contributed by atoms with E-state index in [0.717, 1.165) is 44.4 Å². The number of rotatable bonds is 5. The predicted molar refractivity (Wildman–Crippen MR) is 220 cm³/mol. The van der Waals surface area contributed by atoms with Crippen molar-refractivity contribution in [1.82, 2.24) is 9.55 Å². The first-order valence-electron chi connectivity index (χ1n) is 18.4. The molecule has 10 aromatic rings. The minimum Gasteiger partial charge on any atom is -0.455 e. The number of furan rings is 1. The minimum absolute atomic E-state index is 0.258. The molecule has 2 aromatic heterocycles. The van der Waals surface area contributed by atoms with Crippen LogP contribution in [0.4, 0.5) is 0 Å². The fourth-order valence-electron chi connectivity index (χ4n) is 8.43. The maximum absolute atomic E-state index is 6.60. The Balaban J connectivity index is 1.25. The van der Waals surface area contributed by atoms with E-state index in [4.69, 9.17) is 9.40 Å². The van der Waals surface area contributed by atoms with E-state index >= 15 is 0 Å². The van der Waals surface area contributed by atoms with Crippen LogP contribution < -0.4 is 0 Å². The summed E-state index contributed by atoms with van der Waals surface area (Å²) in [5.74, 6) is 1.41. The Morgan fingerprint density at radius 3 is 1.71 bits per heavy atom. The standard InChI is InChI=1S/C49H38N2O/c1-29(2)41-27-32(31-24-25-37-35-16-6-5-14-33(35)34-15-7-8-17-36(34)43(37)26-31)28-42(30(3)4)47(41)51-45-22-11-10-21-44(45)50-49(51)40-20-13-19-39-38-18-9-12-23-46(38)52-48(39)40/h5-30H,1-4H3. The van der Waals surface area contributed by atoms with E-state index < -0.39 is 0 Å². The van der Waals surface area contributed by atoms with E-state index in [9.17, 15) is 0 Å². The van der Waals surface area contributed by atoms with E-state index in [0.29, 0.717) is 0 Å². The van der Waals surface area contributed by atoms with Gasteiger partial charge in [-0.05, 0) is 109 Å². The zero-order chi connectivity index (χ0) is 35.1. The van der Waals surface area contributed by atoms with Crippen molar-refractivity contribution in [3.63, 3.8) is 0 Å². The molecule has 10 rings (SSSR count). The van der Waals surface area contributed by atoms with Gasteiger partial charge in [-0.3, -0.25) is 4.57 Å². The summed E-state index contributed by atoms with van der Waals surface area (Å²) in [6.45, 7) is 9.24. The highest BCUT2D eigenvalue weighted by Crippen LogP contribution is 2.44. The lowest BCUT2D eigenvalue weighted by Gasteiger charge is -2.24. The van der Waals surface area contributed by atoms with Gasteiger partial charge >= 0.3 is 0 Å². The molecule has 0 fully saturated rings. The van der Waals surface area contributed by atoms with E-state index in [2.05, 4.69) is 166 Å². The molecular formula is C49H38N2O. The van der Waals surface area contributed by atoms with Gasteiger partial charge in [-0.15, -0.1) is 0 Å². The number of imidazole rings is 1. The second kappa shape index (κ2) is 11.7. The van der Waals surface area contributed by atoms with Gasteiger partial charge in [0.1, 0.15) is 17.0 Å². The zero-order valence-corrected chi connectivity index (χ0v) is 29.8. The molecule has 0 saturated heterocycles. The summed E-state index contributed by atoms with van der Waals surface area (Å²) in [6, 6.07) is 52.8. The van der Waals surface area contributed by atoms with E-state index in [1.165, 1.54) is 60.3 Å². The molecule has 8 aromatic carbocycles. The fraction of sp³-hybridized carbons (Fsp3) is 0.122. The molecule has 0 radical (unpaired) electrons. The Morgan fingerprint density at radius 2 is 1.04 bits per heavy atom. The van der Waals surface area contributed by atoms with Crippen molar-refractivity contribution >= 4 is 65.3 Å². The maximum Gasteiger partial charge on any atom is 0.149 e. The molecule has 0 aliphatic rings. The third kappa shape index (κ3) is 4.55. The maximum atomic E-state index is 6.60. The molecule has 0 aliphatic carbocycles. The topological polar surface area (TPSA) is 31.0 Å². The largest absolute Gasteiger partial charge is 0.455 e. The molecule has 0 bridgehead atoms. The predicted octanol–water partition coefficient (Wildman–Crippen LogP) is 14.0. The third-order valence-electron chi connectivity index (χ3n) is 10.9. The van der Waals surface area contributed by atoms with Crippen molar-refractivity contribution < 1.29 is 4.42 Å². The number of para-hydroxylation sites is 4. The summed E-state index contributed by atoms with van der Waals surface area (Å²) in [7, 11) is 0. The zero-order valence-electron chi connectivity index (χ0n) is 29.8. The Labute approximate surface area is 302 Å². The molecule has 0 unspecified atom stereocenters. The highest BCUT2D eigenvalue weighted by Gasteiger charge is 2.25. The molecule has 250 valence electrons. The Hall–Kier alpha value is -6.19. The first kappa shape index (κ1) is 30.6. The monoisotopic (exact) mass is 670 g/mol. The molecule has 52 heavy (non-hydrogen) atoms. The number of hydrogen-bond donors (Lipinski definition) is 0. The van der Waals surface area contributed by atoms with Gasteiger partial charge in [0.15, 0.2) is 0 Å². The fourth-order valence-corrected chi connectivity index (χ4v) is 8.43. The summed E-state index contributed by atoms with van der Waals surface area (Å²) < 4.78 is 9.00. The van der Waals surface area contributed by atoms with Crippen LogP contribution in [-0.4, -0.2) is 9.55 Å². The normalized spacial score (nSPS) is 12.2. The highest BCUT2D eigenvalue weighted by molar-refractivity contribution is 6.25. The number of benzene rings is 8. The van der Waals surface area contributed by atoms with Crippen molar-refractivity contribution in [2.45, 2.75) is 39.5 Å². The van der Waals surface area contributed by atoms with Crippen molar-refractivity contribution in [2.75, 3.05) is 0 Å². The molecule has 3 heteroatoms. The Bertz CT molecular complexity index is 2970. The summed E-state index contributed by atoms with van der Waals surface area (Å²) in [4.78, 5) is 5.35. The van der Waals surface area contributed by atoms with Crippen LogP contribution in [0.1, 0.15) is 50.7 Å². The van der Waals surface area contributed by atoms with Crippen LogP contribution in [0, 0.1) is 0 Å². The molecule has 0 amide bonds. The lowest BCUT2D eigenvalue weighted by atomic mass is 9.87. The molecule has 0 spiro atoms. The van der Waals surface area contributed by atoms with Crippen molar-refractivity contribution in [3.8, 4) is 28.2 Å². The Morgan fingerprint density at radius 1 is 0.481 bits per heavy atom. The van der Waals surface area contributed by atoms with Crippen LogP contribution in [0.15, 0.2) is 150 Å². The molecule has 2 heterocycles. The lowest BCUT2D eigenvalue weighted by Crippen LogP contribution is -2.09. The number of hydrogen-bond acceptors (Lipinski definition) is 2.